The molecule has 1 saturated heterocycles. The molecule has 0 spiro atoms. The molecule has 1 aromatic rings. The molecule has 0 aromatic heterocycles. The van der Waals surface area contributed by atoms with Gasteiger partial charge in [0.05, 0.1) is 6.04 Å². The van der Waals surface area contributed by atoms with Gasteiger partial charge in [0.25, 0.3) is 5.91 Å². The monoisotopic (exact) mass is 288 g/mol. The van der Waals surface area contributed by atoms with Gasteiger partial charge in [-0.05, 0) is 12.5 Å². The van der Waals surface area contributed by atoms with Gasteiger partial charge < -0.3 is 15.0 Å². The van der Waals surface area contributed by atoms with Crippen molar-refractivity contribution in [3.05, 3.63) is 48.0 Å². The van der Waals surface area contributed by atoms with Crippen molar-refractivity contribution in [3.63, 3.8) is 0 Å². The third-order valence-corrected chi connectivity index (χ3v) is 3.58. The van der Waals surface area contributed by atoms with Crippen LogP contribution in [0.15, 0.2) is 36.9 Å². The van der Waals surface area contributed by atoms with Gasteiger partial charge in [-0.15, -0.1) is 6.58 Å². The van der Waals surface area contributed by atoms with E-state index in [1.165, 1.54) is 0 Å². The van der Waals surface area contributed by atoms with Crippen LogP contribution in [0, 0.1) is 6.92 Å². The van der Waals surface area contributed by atoms with E-state index in [-0.39, 0.29) is 18.4 Å². The Labute approximate surface area is 124 Å². The third-order valence-electron chi connectivity index (χ3n) is 3.58. The number of amides is 2. The van der Waals surface area contributed by atoms with Crippen LogP contribution in [0.5, 0.6) is 0 Å². The van der Waals surface area contributed by atoms with Crippen molar-refractivity contribution in [2.45, 2.75) is 19.1 Å². The molecule has 5 nitrogen and oxygen atoms in total. The lowest BCUT2D eigenvalue weighted by atomic mass is 9.97. The molecule has 112 valence electrons. The molecule has 1 aromatic carbocycles. The summed E-state index contributed by atoms with van der Waals surface area (Å²) < 4.78 is 5.48. The number of rotatable bonds is 4. The second-order valence-electron chi connectivity index (χ2n) is 5.13. The summed E-state index contributed by atoms with van der Waals surface area (Å²) in [6, 6.07) is 7.34. The molecule has 1 heterocycles. The third kappa shape index (κ3) is 3.31. The van der Waals surface area contributed by atoms with Gasteiger partial charge in [0.2, 0.25) is 5.91 Å². The summed E-state index contributed by atoms with van der Waals surface area (Å²) in [4.78, 5) is 25.7. The van der Waals surface area contributed by atoms with E-state index in [4.69, 9.17) is 4.74 Å². The molecule has 1 N–H and O–H groups in total. The number of morpholine rings is 1. The van der Waals surface area contributed by atoms with E-state index in [0.717, 1.165) is 11.1 Å². The summed E-state index contributed by atoms with van der Waals surface area (Å²) in [7, 11) is 1.70. The van der Waals surface area contributed by atoms with Crippen molar-refractivity contribution in [1.29, 1.82) is 0 Å². The zero-order valence-electron chi connectivity index (χ0n) is 12.3. The normalized spacial score (nSPS) is 22.0. The Kier molecular flexibility index (Phi) is 4.75. The molecule has 0 unspecified atom stereocenters. The van der Waals surface area contributed by atoms with Crippen LogP contribution in [-0.4, -0.2) is 43.0 Å². The van der Waals surface area contributed by atoms with Crippen molar-refractivity contribution in [3.8, 4) is 0 Å². The molecule has 2 amide bonds. The van der Waals surface area contributed by atoms with E-state index >= 15 is 0 Å². The van der Waals surface area contributed by atoms with Gasteiger partial charge in [0.1, 0.15) is 6.61 Å². The van der Waals surface area contributed by atoms with Crippen LogP contribution in [0.2, 0.25) is 0 Å². The molecule has 2 rings (SSSR count). The second kappa shape index (κ2) is 6.54. The summed E-state index contributed by atoms with van der Waals surface area (Å²) in [5.41, 5.74) is 2.01. The van der Waals surface area contributed by atoms with Gasteiger partial charge in [0, 0.05) is 13.6 Å². The van der Waals surface area contributed by atoms with Crippen LogP contribution in [0.3, 0.4) is 0 Å². The smallest absolute Gasteiger partial charge is 0.251 e. The van der Waals surface area contributed by atoms with Gasteiger partial charge in [-0.3, -0.25) is 9.59 Å². The van der Waals surface area contributed by atoms with Crippen molar-refractivity contribution in [2.24, 2.45) is 0 Å². The van der Waals surface area contributed by atoms with E-state index in [9.17, 15) is 9.59 Å². The van der Waals surface area contributed by atoms with Crippen LogP contribution in [0.25, 0.3) is 0 Å². The van der Waals surface area contributed by atoms with Crippen molar-refractivity contribution in [2.75, 3.05) is 20.2 Å². The Morgan fingerprint density at radius 1 is 1.48 bits per heavy atom. The average molecular weight is 288 g/mol. The maximum atomic E-state index is 12.2. The number of aryl methyl sites for hydroxylation is 1. The topological polar surface area (TPSA) is 58.6 Å². The molecule has 0 bridgehead atoms. The van der Waals surface area contributed by atoms with E-state index in [2.05, 4.69) is 11.9 Å². The number of hydrogen-bond acceptors (Lipinski definition) is 3. The fourth-order valence-corrected chi connectivity index (χ4v) is 2.37. The van der Waals surface area contributed by atoms with Gasteiger partial charge >= 0.3 is 0 Å². The number of nitrogens with one attached hydrogen (secondary N) is 1. The average Bonchev–Trinajstić information content (AvgIpc) is 2.48. The van der Waals surface area contributed by atoms with Crippen molar-refractivity contribution < 1.29 is 14.3 Å². The number of hydrogen-bond donors (Lipinski definition) is 1. The summed E-state index contributed by atoms with van der Waals surface area (Å²) in [6.45, 7) is 5.86. The first kappa shape index (κ1) is 15.3. The molecule has 0 aliphatic carbocycles. The summed E-state index contributed by atoms with van der Waals surface area (Å²) >= 11 is 0. The van der Waals surface area contributed by atoms with E-state index in [1.807, 2.05) is 31.2 Å². The molecular formula is C16H20N2O3. The zero-order valence-corrected chi connectivity index (χ0v) is 12.3. The van der Waals surface area contributed by atoms with Gasteiger partial charge in [0.15, 0.2) is 6.10 Å². The van der Waals surface area contributed by atoms with E-state index in [0.29, 0.717) is 6.54 Å². The maximum absolute atomic E-state index is 12.2. The molecule has 0 radical (unpaired) electrons. The van der Waals surface area contributed by atoms with Crippen LogP contribution in [0.4, 0.5) is 0 Å². The van der Waals surface area contributed by atoms with E-state index in [1.54, 1.807) is 18.0 Å². The van der Waals surface area contributed by atoms with Crippen LogP contribution in [-0.2, 0) is 14.3 Å². The largest absolute Gasteiger partial charge is 0.356 e. The van der Waals surface area contributed by atoms with Crippen LogP contribution >= 0.6 is 0 Å². The highest BCUT2D eigenvalue weighted by molar-refractivity contribution is 5.86. The molecular weight excluding hydrogens is 268 g/mol. The lowest BCUT2D eigenvalue weighted by Crippen LogP contribution is -2.53. The lowest BCUT2D eigenvalue weighted by molar-refractivity contribution is -0.162. The van der Waals surface area contributed by atoms with Crippen LogP contribution in [0.1, 0.15) is 17.2 Å². The Morgan fingerprint density at radius 2 is 2.14 bits per heavy atom. The molecule has 0 saturated carbocycles. The Hall–Kier alpha value is -2.14. The highest BCUT2D eigenvalue weighted by atomic mass is 16.5. The predicted molar refractivity (Wildman–Crippen MR) is 79.6 cm³/mol. The minimum absolute atomic E-state index is 0.0783. The van der Waals surface area contributed by atoms with Gasteiger partial charge in [-0.1, -0.05) is 35.9 Å². The molecule has 5 heteroatoms. The number of carbonyl (C=O) groups is 2. The standard InChI is InChI=1S/C16H20N2O3/c1-4-9-17-16(20)15-14(18(3)13(19)10-21-15)12-7-5-11(2)6-8-12/h4-8,14-15H,1,9-10H2,2-3H3,(H,17,20)/t14-,15+/m0/s1. The fraction of sp³-hybridized carbons (Fsp3) is 0.375. The predicted octanol–water partition coefficient (Wildman–Crippen LogP) is 1.20. The minimum Gasteiger partial charge on any atom is -0.356 e. The second-order valence-corrected chi connectivity index (χ2v) is 5.13. The first-order valence-electron chi connectivity index (χ1n) is 6.87. The molecule has 1 fully saturated rings. The zero-order chi connectivity index (χ0) is 15.4. The van der Waals surface area contributed by atoms with Gasteiger partial charge in [-0.25, -0.2) is 0 Å². The fourth-order valence-electron chi connectivity index (χ4n) is 2.37. The number of benzene rings is 1. The van der Waals surface area contributed by atoms with Crippen molar-refractivity contribution in [1.82, 2.24) is 10.2 Å². The molecule has 21 heavy (non-hydrogen) atoms. The van der Waals surface area contributed by atoms with Crippen molar-refractivity contribution >= 4 is 11.8 Å². The molecule has 2 atom stereocenters. The summed E-state index contributed by atoms with van der Waals surface area (Å²) in [6.07, 6.45) is 0.895. The minimum atomic E-state index is -0.713. The first-order chi connectivity index (χ1) is 10.0. The van der Waals surface area contributed by atoms with Crippen LogP contribution < -0.4 is 5.32 Å². The first-order valence-corrected chi connectivity index (χ1v) is 6.87. The Balaban J connectivity index is 2.28. The summed E-state index contributed by atoms with van der Waals surface area (Å²) in [5, 5.41) is 2.73. The van der Waals surface area contributed by atoms with Gasteiger partial charge in [-0.2, -0.15) is 0 Å². The molecule has 1 aliphatic heterocycles. The highest BCUT2D eigenvalue weighted by Gasteiger charge is 2.39. The quantitative estimate of drug-likeness (QED) is 0.847. The number of likely N-dealkylation sites (N-methyl/N-ethyl adjacent to an activating group) is 1. The number of ether oxygens (including phenoxy) is 1. The number of nitrogens with zero attached hydrogens (tertiary/aromatic N) is 1. The summed E-state index contributed by atoms with van der Waals surface area (Å²) in [5.74, 6) is -0.367. The maximum Gasteiger partial charge on any atom is 0.251 e. The molecule has 1 aliphatic rings. The Morgan fingerprint density at radius 3 is 2.76 bits per heavy atom. The van der Waals surface area contributed by atoms with E-state index < -0.39 is 12.1 Å². The SMILES string of the molecule is C=CCNC(=O)[C@@H]1OCC(=O)N(C)[C@H]1c1ccc(C)cc1. The highest BCUT2D eigenvalue weighted by Crippen LogP contribution is 2.29. The number of carbonyl (C=O) groups excluding carboxylic acids is 2. The Bertz CT molecular complexity index is 539. The lowest BCUT2D eigenvalue weighted by Gasteiger charge is -2.38.